The highest BCUT2D eigenvalue weighted by atomic mass is 32.2. The van der Waals surface area contributed by atoms with E-state index in [1.54, 1.807) is 0 Å². The fourth-order valence-electron chi connectivity index (χ4n) is 5.39. The number of hydrogen-bond donors (Lipinski definition) is 0. The maximum Gasteiger partial charge on any atom is 0.254 e. The van der Waals surface area contributed by atoms with Gasteiger partial charge in [0.15, 0.2) is 11.5 Å². The molecule has 0 spiro atoms. The molecule has 0 saturated carbocycles. The van der Waals surface area contributed by atoms with E-state index in [1.807, 2.05) is 42.1 Å². The van der Waals surface area contributed by atoms with Crippen LogP contribution >= 0.6 is 11.8 Å². The minimum absolute atomic E-state index is 0.109. The van der Waals surface area contributed by atoms with Crippen molar-refractivity contribution in [1.82, 2.24) is 4.90 Å². The summed E-state index contributed by atoms with van der Waals surface area (Å²) in [6.45, 7) is 2.36. The average molecular weight is 488 g/mol. The van der Waals surface area contributed by atoms with Crippen LogP contribution in [0.4, 0.5) is 0 Å². The first-order valence-corrected chi connectivity index (χ1v) is 13.3. The molecule has 0 radical (unpaired) electrons. The first-order valence-electron chi connectivity index (χ1n) is 12.3. The Balaban J connectivity index is 1.07. The van der Waals surface area contributed by atoms with Crippen molar-refractivity contribution in [2.24, 2.45) is 0 Å². The SMILES string of the molecule is Cc1ccc(SCc2ccc(C(=O)N3[C@H]4CC[C@H]3CC(Oc3ccc5c(c3)OCO5)C4)cc2)cc1. The van der Waals surface area contributed by atoms with Gasteiger partial charge in [-0.1, -0.05) is 29.8 Å². The van der Waals surface area contributed by atoms with Crippen LogP contribution in [0.25, 0.3) is 0 Å². The van der Waals surface area contributed by atoms with Gasteiger partial charge in [0.1, 0.15) is 11.9 Å². The topological polar surface area (TPSA) is 48.0 Å². The summed E-state index contributed by atoms with van der Waals surface area (Å²) >= 11 is 1.82. The van der Waals surface area contributed by atoms with Gasteiger partial charge < -0.3 is 19.1 Å². The molecular weight excluding hydrogens is 458 g/mol. The summed E-state index contributed by atoms with van der Waals surface area (Å²) in [5, 5.41) is 0. The van der Waals surface area contributed by atoms with Crippen LogP contribution in [0, 0.1) is 6.92 Å². The van der Waals surface area contributed by atoms with E-state index in [2.05, 4.69) is 48.2 Å². The minimum atomic E-state index is 0.109. The molecule has 6 heteroatoms. The number of nitrogens with zero attached hydrogens (tertiary/aromatic N) is 1. The molecule has 180 valence electrons. The van der Waals surface area contributed by atoms with Gasteiger partial charge in [0.25, 0.3) is 5.91 Å². The molecule has 0 unspecified atom stereocenters. The molecule has 3 aromatic carbocycles. The Hall–Kier alpha value is -3.12. The highest BCUT2D eigenvalue weighted by molar-refractivity contribution is 7.98. The lowest BCUT2D eigenvalue weighted by Gasteiger charge is -2.39. The molecule has 3 aliphatic rings. The van der Waals surface area contributed by atoms with E-state index < -0.39 is 0 Å². The normalized spacial score (nSPS) is 22.3. The molecule has 3 aliphatic heterocycles. The zero-order valence-corrected chi connectivity index (χ0v) is 20.6. The lowest BCUT2D eigenvalue weighted by atomic mass is 9.98. The monoisotopic (exact) mass is 487 g/mol. The zero-order valence-electron chi connectivity index (χ0n) is 19.8. The Kier molecular flexibility index (Phi) is 6.06. The Morgan fingerprint density at radius 1 is 0.943 bits per heavy atom. The Morgan fingerprint density at radius 2 is 1.66 bits per heavy atom. The van der Waals surface area contributed by atoms with E-state index in [1.165, 1.54) is 16.0 Å². The summed E-state index contributed by atoms with van der Waals surface area (Å²) in [5.74, 6) is 3.34. The van der Waals surface area contributed by atoms with Gasteiger partial charge in [0.05, 0.1) is 0 Å². The van der Waals surface area contributed by atoms with E-state index >= 15 is 0 Å². The third-order valence-corrected chi connectivity index (χ3v) is 8.28. The molecule has 6 rings (SSSR count). The first-order chi connectivity index (χ1) is 17.1. The van der Waals surface area contributed by atoms with E-state index in [9.17, 15) is 4.79 Å². The quantitative estimate of drug-likeness (QED) is 0.386. The van der Waals surface area contributed by atoms with Crippen molar-refractivity contribution in [2.75, 3.05) is 6.79 Å². The van der Waals surface area contributed by atoms with Crippen LogP contribution in [0.1, 0.15) is 47.2 Å². The predicted octanol–water partition coefficient (Wildman–Crippen LogP) is 6.23. The molecule has 3 aromatic rings. The van der Waals surface area contributed by atoms with E-state index in [0.29, 0.717) is 0 Å². The summed E-state index contributed by atoms with van der Waals surface area (Å²) < 4.78 is 17.2. The minimum Gasteiger partial charge on any atom is -0.490 e. The molecule has 0 aliphatic carbocycles. The molecule has 0 aromatic heterocycles. The molecule has 3 heterocycles. The van der Waals surface area contributed by atoms with Gasteiger partial charge in [-0.05, 0) is 61.7 Å². The van der Waals surface area contributed by atoms with Crippen molar-refractivity contribution in [3.05, 3.63) is 83.4 Å². The number of aryl methyl sites for hydroxylation is 1. The number of carbonyl (C=O) groups excluding carboxylic acids is 1. The molecule has 2 fully saturated rings. The second-order valence-corrected chi connectivity index (χ2v) is 10.7. The number of rotatable bonds is 6. The van der Waals surface area contributed by atoms with Crippen LogP contribution in [-0.4, -0.2) is 35.8 Å². The van der Waals surface area contributed by atoms with E-state index in [-0.39, 0.29) is 30.9 Å². The van der Waals surface area contributed by atoms with Crippen molar-refractivity contribution in [3.63, 3.8) is 0 Å². The second-order valence-electron chi connectivity index (χ2n) is 9.62. The number of benzene rings is 3. The summed E-state index contributed by atoms with van der Waals surface area (Å²) in [4.78, 5) is 16.8. The van der Waals surface area contributed by atoms with Crippen molar-refractivity contribution < 1.29 is 19.0 Å². The molecule has 2 bridgehead atoms. The van der Waals surface area contributed by atoms with E-state index in [0.717, 1.165) is 54.2 Å². The summed E-state index contributed by atoms with van der Waals surface area (Å²) in [5.41, 5.74) is 3.28. The molecule has 1 amide bonds. The van der Waals surface area contributed by atoms with Gasteiger partial charge in [-0.2, -0.15) is 0 Å². The summed E-state index contributed by atoms with van der Waals surface area (Å²) in [6, 6.07) is 23.0. The second kappa shape index (κ2) is 9.50. The van der Waals surface area contributed by atoms with Crippen LogP contribution in [0.5, 0.6) is 17.2 Å². The van der Waals surface area contributed by atoms with Crippen molar-refractivity contribution >= 4 is 17.7 Å². The third kappa shape index (κ3) is 4.72. The van der Waals surface area contributed by atoms with Gasteiger partial charge in [-0.15, -0.1) is 11.8 Å². The predicted molar refractivity (Wildman–Crippen MR) is 136 cm³/mol. The maximum absolute atomic E-state index is 13.4. The number of ether oxygens (including phenoxy) is 3. The third-order valence-electron chi connectivity index (χ3n) is 7.20. The molecular formula is C29H29NO4S. The van der Waals surface area contributed by atoms with E-state index in [4.69, 9.17) is 14.2 Å². The highest BCUT2D eigenvalue weighted by Crippen LogP contribution is 2.40. The fourth-order valence-corrected chi connectivity index (χ4v) is 6.25. The van der Waals surface area contributed by atoms with Crippen LogP contribution in [0.3, 0.4) is 0 Å². The van der Waals surface area contributed by atoms with Gasteiger partial charge in [-0.25, -0.2) is 0 Å². The van der Waals surface area contributed by atoms with Crippen molar-refractivity contribution in [1.29, 1.82) is 0 Å². The molecule has 2 atom stereocenters. The first kappa shape index (κ1) is 22.4. The lowest BCUT2D eigenvalue weighted by Crippen LogP contribution is -2.49. The molecule has 35 heavy (non-hydrogen) atoms. The Morgan fingerprint density at radius 3 is 2.40 bits per heavy atom. The molecule has 5 nitrogen and oxygen atoms in total. The van der Waals surface area contributed by atoms with Gasteiger partial charge in [0.2, 0.25) is 6.79 Å². The van der Waals surface area contributed by atoms with Crippen LogP contribution in [0.15, 0.2) is 71.6 Å². The number of amides is 1. The number of piperidine rings is 1. The highest BCUT2D eigenvalue weighted by Gasteiger charge is 2.44. The molecule has 2 saturated heterocycles. The van der Waals surface area contributed by atoms with Gasteiger partial charge in [0, 0.05) is 47.2 Å². The van der Waals surface area contributed by atoms with Crippen molar-refractivity contribution in [2.45, 2.75) is 61.4 Å². The summed E-state index contributed by atoms with van der Waals surface area (Å²) in [6.07, 6.45) is 3.92. The van der Waals surface area contributed by atoms with Crippen LogP contribution in [-0.2, 0) is 5.75 Å². The smallest absolute Gasteiger partial charge is 0.254 e. The Labute approximate surface area is 210 Å². The van der Waals surface area contributed by atoms with Crippen molar-refractivity contribution in [3.8, 4) is 17.2 Å². The largest absolute Gasteiger partial charge is 0.490 e. The van der Waals surface area contributed by atoms with Gasteiger partial charge in [-0.3, -0.25) is 4.79 Å². The number of carbonyl (C=O) groups is 1. The lowest BCUT2D eigenvalue weighted by molar-refractivity contribution is 0.0358. The maximum atomic E-state index is 13.4. The standard InChI is InChI=1S/C29H29NO4S/c1-19-2-11-26(12-3-19)35-17-20-4-6-21(7-5-20)29(31)30-22-8-9-23(30)15-25(14-22)34-24-10-13-27-28(16-24)33-18-32-27/h2-7,10-13,16,22-23,25H,8-9,14-15,17-18H2,1H3/t22-,23-/m0/s1. The zero-order chi connectivity index (χ0) is 23.8. The number of fused-ring (bicyclic) bond motifs is 3. The summed E-state index contributed by atoms with van der Waals surface area (Å²) in [7, 11) is 0. The van der Waals surface area contributed by atoms with Crippen LogP contribution < -0.4 is 14.2 Å². The average Bonchev–Trinajstić information content (AvgIpc) is 3.45. The number of hydrogen-bond acceptors (Lipinski definition) is 5. The molecule has 0 N–H and O–H groups in total. The fraction of sp³-hybridized carbons (Fsp3) is 0.345. The van der Waals surface area contributed by atoms with Gasteiger partial charge >= 0.3 is 0 Å². The number of thioether (sulfide) groups is 1. The van der Waals surface area contributed by atoms with Crippen LogP contribution in [0.2, 0.25) is 0 Å². The Bertz CT molecular complexity index is 1200.